The van der Waals surface area contributed by atoms with E-state index in [9.17, 15) is 19.2 Å². The Bertz CT molecular complexity index is 1860. The fraction of sp³-hybridized carbons (Fsp3) is 0.286. The third-order valence-electron chi connectivity index (χ3n) is 8.78. The molecule has 2 amide bonds. The van der Waals surface area contributed by atoms with Gasteiger partial charge in [-0.3, -0.25) is 19.3 Å². The number of hydrogen-bond acceptors (Lipinski definition) is 6. The molecule has 4 aromatic rings. The van der Waals surface area contributed by atoms with Crippen molar-refractivity contribution in [3.05, 3.63) is 93.0 Å². The van der Waals surface area contributed by atoms with Crippen LogP contribution in [0.2, 0.25) is 0 Å². The number of anilines is 1. The number of hydrogen-bond donors (Lipinski definition) is 0. The number of imide groups is 1. The van der Waals surface area contributed by atoms with Crippen molar-refractivity contribution >= 4 is 87.9 Å². The number of aryl methyl sites for hydroxylation is 3. The van der Waals surface area contributed by atoms with E-state index in [1.807, 2.05) is 39.0 Å². The van der Waals surface area contributed by atoms with Crippen molar-refractivity contribution in [3.63, 3.8) is 0 Å². The van der Waals surface area contributed by atoms with Crippen LogP contribution in [0.15, 0.2) is 65.1 Å². The third-order valence-corrected chi connectivity index (χ3v) is 12.0. The van der Waals surface area contributed by atoms with E-state index >= 15 is 0 Å². The van der Waals surface area contributed by atoms with Crippen LogP contribution in [-0.4, -0.2) is 44.8 Å². The Morgan fingerprint density at radius 3 is 2.11 bits per heavy atom. The Balaban J connectivity index is 1.29. The topological polar surface area (TPSA) is 93.6 Å². The summed E-state index contributed by atoms with van der Waals surface area (Å²) in [5.41, 5.74) is 6.01. The minimum absolute atomic E-state index is 0.131. The largest absolute Gasteiger partial charge is 0.454 e. The molecule has 230 valence electrons. The molecule has 0 bridgehead atoms. The van der Waals surface area contributed by atoms with Gasteiger partial charge < -0.3 is 4.74 Å². The minimum Gasteiger partial charge on any atom is -0.454 e. The maximum absolute atomic E-state index is 13.5. The second kappa shape index (κ2) is 12.5. The number of alkyl halides is 2. The highest BCUT2D eigenvalue weighted by Crippen LogP contribution is 2.44. The van der Waals surface area contributed by atoms with Crippen LogP contribution in [0.4, 0.5) is 5.69 Å². The summed E-state index contributed by atoms with van der Waals surface area (Å²) in [6, 6.07) is 17.8. The molecule has 4 atom stereocenters. The monoisotopic (exact) mass is 794 g/mol. The van der Waals surface area contributed by atoms with Crippen LogP contribution in [-0.2, 0) is 14.3 Å². The number of carbonyl (C=O) groups is 4. The summed E-state index contributed by atoms with van der Waals surface area (Å²) in [5, 5.41) is 0.594. The van der Waals surface area contributed by atoms with Crippen molar-refractivity contribution in [3.8, 4) is 11.3 Å². The molecular weight excluding hydrogens is 768 g/mol. The summed E-state index contributed by atoms with van der Waals surface area (Å²) in [6.07, 6.45) is 1.21. The number of Topliss-reactive ketones (excluding diaryl/α,β-unsaturated/α-hetero) is 1. The summed E-state index contributed by atoms with van der Waals surface area (Å²) < 4.78 is 6.33. The van der Waals surface area contributed by atoms with E-state index in [0.29, 0.717) is 46.3 Å². The zero-order chi connectivity index (χ0) is 32.2. The normalized spacial score (nSPS) is 21.2. The van der Waals surface area contributed by atoms with E-state index in [1.54, 1.807) is 42.5 Å². The molecule has 10 heteroatoms. The molecule has 0 spiro atoms. The van der Waals surface area contributed by atoms with Gasteiger partial charge in [0.05, 0.1) is 34.3 Å². The number of esters is 1. The molecule has 1 saturated heterocycles. The van der Waals surface area contributed by atoms with Gasteiger partial charge in [-0.05, 0) is 86.7 Å². The first kappa shape index (κ1) is 31.8. The molecule has 1 aromatic heterocycles. The van der Waals surface area contributed by atoms with E-state index in [4.69, 9.17) is 9.72 Å². The van der Waals surface area contributed by atoms with Crippen LogP contribution in [0.25, 0.3) is 22.2 Å². The average molecular weight is 797 g/mol. The Morgan fingerprint density at radius 2 is 1.49 bits per heavy atom. The molecule has 1 aliphatic heterocycles. The fourth-order valence-corrected chi connectivity index (χ4v) is 7.92. The molecule has 7 nitrogen and oxygen atoms in total. The average Bonchev–Trinajstić information content (AvgIpc) is 3.25. The highest BCUT2D eigenvalue weighted by molar-refractivity contribution is 9.12. The van der Waals surface area contributed by atoms with Crippen molar-refractivity contribution in [1.29, 1.82) is 0 Å². The molecule has 45 heavy (non-hydrogen) atoms. The lowest BCUT2D eigenvalue weighted by Gasteiger charge is -2.29. The number of fused-ring (bicyclic) bond motifs is 2. The zero-order valence-electron chi connectivity index (χ0n) is 24.8. The second-order valence-electron chi connectivity index (χ2n) is 11.7. The van der Waals surface area contributed by atoms with Crippen LogP contribution >= 0.6 is 47.8 Å². The van der Waals surface area contributed by atoms with Crippen molar-refractivity contribution in [2.24, 2.45) is 11.8 Å². The van der Waals surface area contributed by atoms with Crippen LogP contribution in [0, 0.1) is 32.6 Å². The zero-order valence-corrected chi connectivity index (χ0v) is 29.5. The van der Waals surface area contributed by atoms with Gasteiger partial charge in [-0.1, -0.05) is 72.1 Å². The molecule has 6 rings (SSSR count). The van der Waals surface area contributed by atoms with Gasteiger partial charge in [0.25, 0.3) is 0 Å². The van der Waals surface area contributed by atoms with Crippen molar-refractivity contribution in [2.75, 3.05) is 11.5 Å². The van der Waals surface area contributed by atoms with E-state index < -0.39 is 12.6 Å². The van der Waals surface area contributed by atoms with E-state index in [0.717, 1.165) is 21.2 Å². The standard InChI is InChI=1S/C35H29Br3N2O5/c1-17-4-5-21(10-18(17)2)31(41)16-45-35(44)27-15-30(39-32-19(3)11-22(36)12-24(27)32)20-6-8-23(9-7-20)40-33(42)25-13-28(37)29(38)14-26(25)34(40)43/h4-12,15,25-26,28-29H,13-14,16H2,1-3H3. The van der Waals surface area contributed by atoms with Gasteiger partial charge in [-0.2, -0.15) is 0 Å². The summed E-state index contributed by atoms with van der Waals surface area (Å²) in [4.78, 5) is 59.4. The molecule has 2 aliphatic rings. The van der Waals surface area contributed by atoms with E-state index in [2.05, 4.69) is 47.8 Å². The number of pyridine rings is 1. The van der Waals surface area contributed by atoms with Gasteiger partial charge in [-0.15, -0.1) is 0 Å². The van der Waals surface area contributed by atoms with Crippen molar-refractivity contribution in [1.82, 2.24) is 4.98 Å². The second-order valence-corrected chi connectivity index (χ2v) is 15.0. The number of halogens is 3. The number of nitrogens with zero attached hydrogens (tertiary/aromatic N) is 2. The summed E-state index contributed by atoms with van der Waals surface area (Å²) >= 11 is 10.8. The number of benzene rings is 3. The molecular formula is C35H29Br3N2O5. The van der Waals surface area contributed by atoms with E-state index in [1.165, 1.54) is 4.90 Å². The highest BCUT2D eigenvalue weighted by Gasteiger charge is 2.52. The van der Waals surface area contributed by atoms with E-state index in [-0.39, 0.29) is 44.7 Å². The maximum atomic E-state index is 13.5. The fourth-order valence-electron chi connectivity index (χ4n) is 6.11. The van der Waals surface area contributed by atoms with Crippen LogP contribution in [0.3, 0.4) is 0 Å². The summed E-state index contributed by atoms with van der Waals surface area (Å²) in [7, 11) is 0. The lowest BCUT2D eigenvalue weighted by Crippen LogP contribution is -2.34. The Kier molecular flexibility index (Phi) is 8.84. The number of aromatic nitrogens is 1. The molecule has 0 radical (unpaired) electrons. The number of carbonyl (C=O) groups excluding carboxylic acids is 4. The molecule has 2 heterocycles. The number of ketones is 1. The number of ether oxygens (including phenoxy) is 1. The van der Waals surface area contributed by atoms with Crippen LogP contribution < -0.4 is 4.90 Å². The van der Waals surface area contributed by atoms with Crippen LogP contribution in [0.1, 0.15) is 50.2 Å². The quantitative estimate of drug-likeness (QED) is 0.0849. The SMILES string of the molecule is Cc1ccc(C(=O)COC(=O)c2cc(-c3ccc(N4C(=O)C5CC(Br)C(Br)CC5C4=O)cc3)nc3c(C)cc(Br)cc23)cc1C. The first-order chi connectivity index (χ1) is 21.4. The predicted octanol–water partition coefficient (Wildman–Crippen LogP) is 8.06. The first-order valence-electron chi connectivity index (χ1n) is 14.6. The molecule has 0 N–H and O–H groups in total. The van der Waals surface area contributed by atoms with Crippen molar-refractivity contribution in [2.45, 2.75) is 43.3 Å². The summed E-state index contributed by atoms with van der Waals surface area (Å²) in [5.74, 6) is -1.95. The molecule has 1 aliphatic carbocycles. The minimum atomic E-state index is -0.638. The lowest BCUT2D eigenvalue weighted by molar-refractivity contribution is -0.122. The van der Waals surface area contributed by atoms with Crippen molar-refractivity contribution < 1.29 is 23.9 Å². The first-order valence-corrected chi connectivity index (χ1v) is 17.2. The highest BCUT2D eigenvalue weighted by atomic mass is 79.9. The molecule has 4 unspecified atom stereocenters. The Morgan fingerprint density at radius 1 is 0.844 bits per heavy atom. The van der Waals surface area contributed by atoms with Crippen LogP contribution in [0.5, 0.6) is 0 Å². The number of amides is 2. The molecule has 3 aromatic carbocycles. The smallest absolute Gasteiger partial charge is 0.339 e. The maximum Gasteiger partial charge on any atom is 0.339 e. The van der Waals surface area contributed by atoms with Gasteiger partial charge in [0, 0.05) is 30.6 Å². The number of rotatable bonds is 6. The predicted molar refractivity (Wildman–Crippen MR) is 184 cm³/mol. The van der Waals surface area contributed by atoms with Gasteiger partial charge in [0.2, 0.25) is 11.8 Å². The van der Waals surface area contributed by atoms with Gasteiger partial charge in [0.1, 0.15) is 0 Å². The van der Waals surface area contributed by atoms with Gasteiger partial charge in [-0.25, -0.2) is 9.78 Å². The van der Waals surface area contributed by atoms with Gasteiger partial charge in [0.15, 0.2) is 12.4 Å². The molecule has 1 saturated carbocycles. The summed E-state index contributed by atoms with van der Waals surface area (Å²) in [6.45, 7) is 5.41. The van der Waals surface area contributed by atoms with Gasteiger partial charge >= 0.3 is 5.97 Å². The Hall–Kier alpha value is -3.21. The Labute approximate surface area is 286 Å². The lowest BCUT2D eigenvalue weighted by atomic mass is 9.81. The molecule has 2 fully saturated rings. The third kappa shape index (κ3) is 6.04.